The number of allylic oxidation sites excluding steroid dienone is 1. The lowest BCUT2D eigenvalue weighted by Crippen LogP contribution is -2.54. The van der Waals surface area contributed by atoms with Gasteiger partial charge in [0.25, 0.3) is 0 Å². The highest BCUT2D eigenvalue weighted by Crippen LogP contribution is 2.44. The van der Waals surface area contributed by atoms with Crippen molar-refractivity contribution in [2.24, 2.45) is 17.3 Å². The highest BCUT2D eigenvalue weighted by Gasteiger charge is 2.49. The molecule has 1 rings (SSSR count). The Balaban J connectivity index is 3.33. The molecule has 0 aliphatic rings. The summed E-state index contributed by atoms with van der Waals surface area (Å²) in [5.41, 5.74) is 2.82. The van der Waals surface area contributed by atoms with E-state index in [4.69, 9.17) is 18.3 Å². The largest absolute Gasteiger partial charge is 0.413 e. The van der Waals surface area contributed by atoms with E-state index in [0.717, 1.165) is 36.4 Å². The first-order valence-electron chi connectivity index (χ1n) is 21.1. The van der Waals surface area contributed by atoms with Gasteiger partial charge in [0.2, 0.25) is 0 Å². The Labute approximate surface area is 347 Å². The Hall–Kier alpha value is -0.729. The lowest BCUT2D eigenvalue weighted by Gasteiger charge is -2.46. The molecular formula is C45H87NO5SSi3. The summed E-state index contributed by atoms with van der Waals surface area (Å²) in [6, 6.07) is 0. The summed E-state index contributed by atoms with van der Waals surface area (Å²) in [5, 5.41) is 13.5. The standard InChI is InChI=1S/C45H87NO5SSi3/c1-32(26-27-38(49-53(17,18)42(6,7)8)34(3)30-37-31-52-36(5)46-37)24-23-25-33(2)40(51-55(21,22)44(12,13)14)35(4)41(48)45(15,16)39(28-29-47)50-54(19,20)43(9,10)11/h26,30-31,33,35,38-40,47H,23-25,27-29H2,1-22H3/b32-26-,34-30+/t33-,35+,38-,39-,40-/m0/s1. The van der Waals surface area contributed by atoms with E-state index in [1.54, 1.807) is 11.3 Å². The Morgan fingerprint density at radius 2 is 1.31 bits per heavy atom. The fourth-order valence-corrected chi connectivity index (χ4v) is 11.1. The number of carbonyl (C=O) groups is 1. The first-order valence-corrected chi connectivity index (χ1v) is 30.7. The van der Waals surface area contributed by atoms with Crippen molar-refractivity contribution < 1.29 is 23.2 Å². The summed E-state index contributed by atoms with van der Waals surface area (Å²) in [4.78, 5) is 19.4. The molecule has 0 spiro atoms. The second-order valence-corrected chi connectivity index (χ2v) is 37.1. The summed E-state index contributed by atoms with van der Waals surface area (Å²) in [7, 11) is -6.42. The molecule has 1 heterocycles. The van der Waals surface area contributed by atoms with Gasteiger partial charge in [-0.2, -0.15) is 0 Å². The van der Waals surface area contributed by atoms with Gasteiger partial charge in [-0.25, -0.2) is 4.98 Å². The minimum absolute atomic E-state index is 0.00429. The molecule has 320 valence electrons. The van der Waals surface area contributed by atoms with Crippen LogP contribution >= 0.6 is 11.3 Å². The predicted molar refractivity (Wildman–Crippen MR) is 248 cm³/mol. The number of nitrogens with zero attached hydrogens (tertiary/aromatic N) is 1. The van der Waals surface area contributed by atoms with Gasteiger partial charge in [0.15, 0.2) is 25.0 Å². The molecule has 0 amide bonds. The van der Waals surface area contributed by atoms with Gasteiger partial charge in [0.1, 0.15) is 5.78 Å². The highest BCUT2D eigenvalue weighted by molar-refractivity contribution is 7.09. The molecule has 0 aromatic carbocycles. The molecule has 0 aliphatic carbocycles. The summed E-state index contributed by atoms with van der Waals surface area (Å²) in [5.74, 6) is 0.0421. The van der Waals surface area contributed by atoms with E-state index in [1.165, 1.54) is 11.1 Å². The summed E-state index contributed by atoms with van der Waals surface area (Å²) >= 11 is 1.68. The number of aliphatic hydroxyl groups excluding tert-OH is 1. The van der Waals surface area contributed by atoms with E-state index >= 15 is 0 Å². The molecular weight excluding hydrogens is 751 g/mol. The quantitative estimate of drug-likeness (QED) is 0.0981. The second kappa shape index (κ2) is 20.0. The molecule has 0 aliphatic heterocycles. The zero-order chi connectivity index (χ0) is 43.2. The van der Waals surface area contributed by atoms with Crippen LogP contribution in [0, 0.1) is 24.2 Å². The van der Waals surface area contributed by atoms with Crippen LogP contribution in [0.3, 0.4) is 0 Å². The third-order valence-electron chi connectivity index (χ3n) is 13.5. The van der Waals surface area contributed by atoms with Crippen molar-refractivity contribution in [3.63, 3.8) is 0 Å². The molecule has 0 radical (unpaired) electrons. The minimum atomic E-state index is -2.21. The summed E-state index contributed by atoms with van der Waals surface area (Å²) < 4.78 is 21.2. The van der Waals surface area contributed by atoms with Gasteiger partial charge in [0.05, 0.1) is 29.0 Å². The summed E-state index contributed by atoms with van der Waals surface area (Å²) in [6.45, 7) is 49.0. The third kappa shape index (κ3) is 15.1. The molecule has 1 aromatic rings. The molecule has 0 fully saturated rings. The lowest BCUT2D eigenvalue weighted by molar-refractivity contribution is -0.141. The van der Waals surface area contributed by atoms with Gasteiger partial charge in [-0.1, -0.05) is 102 Å². The Morgan fingerprint density at radius 1 is 0.818 bits per heavy atom. The Bertz CT molecular complexity index is 1420. The monoisotopic (exact) mass is 838 g/mol. The molecule has 1 aromatic heterocycles. The fourth-order valence-electron chi connectivity index (χ4n) is 6.25. The molecule has 0 saturated carbocycles. The minimum Gasteiger partial charge on any atom is -0.413 e. The predicted octanol–water partition coefficient (Wildman–Crippen LogP) is 13.8. The van der Waals surface area contributed by atoms with Crippen LogP contribution in [0.25, 0.3) is 6.08 Å². The van der Waals surface area contributed by atoms with Gasteiger partial charge >= 0.3 is 0 Å². The van der Waals surface area contributed by atoms with Gasteiger partial charge in [-0.05, 0) is 125 Å². The number of aryl methyl sites for hydroxylation is 1. The van der Waals surface area contributed by atoms with Crippen LogP contribution in [0.1, 0.15) is 147 Å². The SMILES string of the molecule is C/C(=C/C[C@H](O[Si](C)(C)C(C)(C)C)/C(C)=C/c1csc(C)n1)CCC[C@H](C)[C@H](O[Si](C)(C)C(C)(C)C)[C@@H](C)C(=O)C(C)(C)[C@H](CCO)O[Si](C)(C)C(C)(C)C. The Morgan fingerprint density at radius 3 is 1.76 bits per heavy atom. The molecule has 0 bridgehead atoms. The second-order valence-electron chi connectivity index (χ2n) is 21.8. The maximum absolute atomic E-state index is 14.7. The first kappa shape index (κ1) is 52.3. The molecule has 55 heavy (non-hydrogen) atoms. The van der Waals surface area contributed by atoms with Crippen molar-refractivity contribution >= 4 is 48.1 Å². The maximum atomic E-state index is 14.7. The van der Waals surface area contributed by atoms with Crippen molar-refractivity contribution in [1.82, 2.24) is 4.98 Å². The fraction of sp³-hybridized carbons (Fsp3) is 0.822. The van der Waals surface area contributed by atoms with Crippen LogP contribution < -0.4 is 0 Å². The van der Waals surface area contributed by atoms with E-state index in [2.05, 4.69) is 154 Å². The van der Waals surface area contributed by atoms with Crippen molar-refractivity contribution in [2.45, 2.75) is 216 Å². The van der Waals surface area contributed by atoms with Gasteiger partial charge < -0.3 is 18.4 Å². The molecule has 1 N–H and O–H groups in total. The number of thiazole rings is 1. The van der Waals surface area contributed by atoms with Crippen LogP contribution in [0.5, 0.6) is 0 Å². The van der Waals surface area contributed by atoms with E-state index in [1.807, 2.05) is 13.8 Å². The van der Waals surface area contributed by atoms with Crippen LogP contribution in [0.2, 0.25) is 54.4 Å². The Kier molecular flexibility index (Phi) is 19.0. The molecule has 0 unspecified atom stereocenters. The van der Waals surface area contributed by atoms with Crippen molar-refractivity contribution in [2.75, 3.05) is 6.61 Å². The van der Waals surface area contributed by atoms with Crippen LogP contribution in [-0.2, 0) is 18.1 Å². The third-order valence-corrected chi connectivity index (χ3v) is 27.7. The number of hydrogen-bond donors (Lipinski definition) is 1. The van der Waals surface area contributed by atoms with Crippen molar-refractivity contribution in [3.8, 4) is 0 Å². The average molecular weight is 839 g/mol. The molecule has 6 nitrogen and oxygen atoms in total. The number of aromatic nitrogens is 1. The molecule has 10 heteroatoms. The number of aliphatic hydroxyl groups is 1. The number of rotatable bonds is 21. The van der Waals surface area contributed by atoms with E-state index in [-0.39, 0.29) is 57.7 Å². The number of carbonyl (C=O) groups excluding carboxylic acids is 1. The number of hydrogen-bond acceptors (Lipinski definition) is 7. The zero-order valence-electron chi connectivity index (χ0n) is 39.8. The zero-order valence-corrected chi connectivity index (χ0v) is 43.6. The van der Waals surface area contributed by atoms with E-state index < -0.39 is 30.4 Å². The molecule has 5 atom stereocenters. The van der Waals surface area contributed by atoms with Gasteiger partial charge in [-0.15, -0.1) is 11.3 Å². The van der Waals surface area contributed by atoms with E-state index in [0.29, 0.717) is 6.42 Å². The average Bonchev–Trinajstić information content (AvgIpc) is 3.42. The first-order chi connectivity index (χ1) is 24.6. The number of ketones is 1. The van der Waals surface area contributed by atoms with Crippen molar-refractivity contribution in [1.29, 1.82) is 0 Å². The van der Waals surface area contributed by atoms with Gasteiger partial charge in [0, 0.05) is 23.3 Å². The van der Waals surface area contributed by atoms with Gasteiger partial charge in [-0.3, -0.25) is 4.79 Å². The van der Waals surface area contributed by atoms with Crippen molar-refractivity contribution in [3.05, 3.63) is 33.3 Å². The molecule has 0 saturated heterocycles. The van der Waals surface area contributed by atoms with Crippen LogP contribution in [0.4, 0.5) is 0 Å². The smallest absolute Gasteiger partial charge is 0.192 e. The van der Waals surface area contributed by atoms with Crippen LogP contribution in [-0.4, -0.2) is 65.7 Å². The normalized spacial score (nSPS) is 17.6. The highest BCUT2D eigenvalue weighted by atomic mass is 32.1. The lowest BCUT2D eigenvalue weighted by atomic mass is 9.73. The van der Waals surface area contributed by atoms with E-state index in [9.17, 15) is 9.90 Å². The number of Topliss-reactive ketones (excluding diaryl/α,β-unsaturated/α-hetero) is 1. The van der Waals surface area contributed by atoms with Crippen LogP contribution in [0.15, 0.2) is 22.6 Å². The topological polar surface area (TPSA) is 77.9 Å². The maximum Gasteiger partial charge on any atom is 0.192 e. The summed E-state index contributed by atoms with van der Waals surface area (Å²) in [6.07, 6.45) is 8.27.